The number of benzene rings is 1. The number of thiophene rings is 1. The van der Waals surface area contributed by atoms with E-state index in [4.69, 9.17) is 0 Å². The maximum Gasteiger partial charge on any atom is 0.279 e. The van der Waals surface area contributed by atoms with Gasteiger partial charge in [-0.25, -0.2) is 0 Å². The summed E-state index contributed by atoms with van der Waals surface area (Å²) in [6, 6.07) is 12.0. The first-order valence-electron chi connectivity index (χ1n) is 10.2. The van der Waals surface area contributed by atoms with E-state index < -0.39 is 0 Å². The van der Waals surface area contributed by atoms with Gasteiger partial charge < -0.3 is 0 Å². The van der Waals surface area contributed by atoms with Gasteiger partial charge in [0.05, 0.1) is 10.9 Å². The molecule has 4 rings (SSSR count). The standard InChI is InChI=1S/C22H27N3O2S/c26-21(18-11-7-13-25(18)15-16-8-3-1-4-9-16)23-24-22(27)20-14-17-10-5-2-6-12-19(17)28-20/h1,3-4,8-9,14,18H,2,5-7,10-13,15H2,(H,23,26)(H,24,27). The monoisotopic (exact) mass is 397 g/mol. The van der Waals surface area contributed by atoms with Crippen LogP contribution in [0.15, 0.2) is 36.4 Å². The topological polar surface area (TPSA) is 61.4 Å². The van der Waals surface area contributed by atoms with Crippen molar-refractivity contribution in [3.8, 4) is 0 Å². The second-order valence-electron chi connectivity index (χ2n) is 7.68. The van der Waals surface area contributed by atoms with Crippen LogP contribution >= 0.6 is 11.3 Å². The average Bonchev–Trinajstić information content (AvgIpc) is 3.28. The smallest absolute Gasteiger partial charge is 0.279 e. The summed E-state index contributed by atoms with van der Waals surface area (Å²) in [7, 11) is 0. The number of likely N-dealkylation sites (tertiary alicyclic amines) is 1. The highest BCUT2D eigenvalue weighted by Crippen LogP contribution is 2.29. The van der Waals surface area contributed by atoms with Crippen molar-refractivity contribution < 1.29 is 9.59 Å². The first-order chi connectivity index (χ1) is 13.7. The molecule has 1 saturated heterocycles. The van der Waals surface area contributed by atoms with E-state index in [0.717, 1.165) is 38.8 Å². The Kier molecular flexibility index (Phi) is 6.07. The van der Waals surface area contributed by atoms with Gasteiger partial charge in [-0.3, -0.25) is 25.3 Å². The third kappa shape index (κ3) is 4.45. The number of carbonyl (C=O) groups excluding carboxylic acids is 2. The lowest BCUT2D eigenvalue weighted by atomic mass is 10.1. The molecule has 1 aliphatic carbocycles. The van der Waals surface area contributed by atoms with E-state index in [2.05, 4.69) is 27.9 Å². The van der Waals surface area contributed by atoms with E-state index >= 15 is 0 Å². The number of amides is 2. The van der Waals surface area contributed by atoms with E-state index in [1.54, 1.807) is 11.3 Å². The average molecular weight is 398 g/mol. The minimum Gasteiger partial charge on any atom is -0.288 e. The summed E-state index contributed by atoms with van der Waals surface area (Å²) >= 11 is 1.57. The number of nitrogens with one attached hydrogen (secondary N) is 2. The van der Waals surface area contributed by atoms with E-state index in [9.17, 15) is 9.59 Å². The van der Waals surface area contributed by atoms with Gasteiger partial charge in [0.15, 0.2) is 0 Å². The van der Waals surface area contributed by atoms with Gasteiger partial charge in [-0.05, 0) is 62.3 Å². The summed E-state index contributed by atoms with van der Waals surface area (Å²) in [6.07, 6.45) is 7.60. The third-order valence-electron chi connectivity index (χ3n) is 5.66. The molecular weight excluding hydrogens is 370 g/mol. The van der Waals surface area contributed by atoms with Gasteiger partial charge in [0.1, 0.15) is 0 Å². The van der Waals surface area contributed by atoms with Crippen LogP contribution in [0.25, 0.3) is 0 Å². The molecule has 1 fully saturated rings. The van der Waals surface area contributed by atoms with Crippen molar-refractivity contribution in [2.45, 2.75) is 57.5 Å². The molecule has 6 heteroatoms. The van der Waals surface area contributed by atoms with Crippen LogP contribution in [0.2, 0.25) is 0 Å². The Morgan fingerprint density at radius 3 is 2.71 bits per heavy atom. The lowest BCUT2D eigenvalue weighted by molar-refractivity contribution is -0.126. The van der Waals surface area contributed by atoms with Crippen LogP contribution in [-0.4, -0.2) is 29.3 Å². The van der Waals surface area contributed by atoms with Gasteiger partial charge in [0.25, 0.3) is 11.8 Å². The maximum absolute atomic E-state index is 12.7. The molecule has 28 heavy (non-hydrogen) atoms. The molecule has 2 aromatic rings. The number of hydrogen-bond acceptors (Lipinski definition) is 4. The van der Waals surface area contributed by atoms with E-state index in [1.165, 1.54) is 35.3 Å². The van der Waals surface area contributed by atoms with Gasteiger partial charge in [0, 0.05) is 11.4 Å². The van der Waals surface area contributed by atoms with Crippen molar-refractivity contribution in [1.82, 2.24) is 15.8 Å². The summed E-state index contributed by atoms with van der Waals surface area (Å²) < 4.78 is 0. The molecule has 0 radical (unpaired) electrons. The van der Waals surface area contributed by atoms with Crippen molar-refractivity contribution >= 4 is 23.2 Å². The van der Waals surface area contributed by atoms with E-state index in [1.807, 2.05) is 24.3 Å². The van der Waals surface area contributed by atoms with Crippen molar-refractivity contribution in [1.29, 1.82) is 0 Å². The zero-order chi connectivity index (χ0) is 19.3. The second-order valence-corrected chi connectivity index (χ2v) is 8.81. The van der Waals surface area contributed by atoms with Gasteiger partial charge in [-0.1, -0.05) is 36.8 Å². The number of fused-ring (bicyclic) bond motifs is 1. The molecule has 1 aromatic carbocycles. The molecule has 2 amide bonds. The van der Waals surface area contributed by atoms with Crippen molar-refractivity contribution in [3.63, 3.8) is 0 Å². The van der Waals surface area contributed by atoms with Gasteiger partial charge >= 0.3 is 0 Å². The number of nitrogens with zero attached hydrogens (tertiary/aromatic N) is 1. The molecule has 1 atom stereocenters. The molecule has 1 unspecified atom stereocenters. The Labute approximate surface area is 170 Å². The summed E-state index contributed by atoms with van der Waals surface area (Å²) in [5.74, 6) is -0.334. The molecule has 1 aliphatic heterocycles. The Morgan fingerprint density at radius 2 is 1.86 bits per heavy atom. The molecule has 5 nitrogen and oxygen atoms in total. The van der Waals surface area contributed by atoms with Crippen LogP contribution in [-0.2, 0) is 24.2 Å². The van der Waals surface area contributed by atoms with E-state index in [0.29, 0.717) is 4.88 Å². The first kappa shape index (κ1) is 19.2. The second kappa shape index (κ2) is 8.88. The zero-order valence-corrected chi connectivity index (χ0v) is 16.9. The molecule has 0 spiro atoms. The van der Waals surface area contributed by atoms with Crippen LogP contribution in [0, 0.1) is 0 Å². The van der Waals surface area contributed by atoms with Crippen molar-refractivity contribution in [3.05, 3.63) is 57.3 Å². The summed E-state index contributed by atoms with van der Waals surface area (Å²) in [5.41, 5.74) is 7.80. The maximum atomic E-state index is 12.7. The van der Waals surface area contributed by atoms with Crippen LogP contribution in [0.3, 0.4) is 0 Å². The number of rotatable bonds is 4. The van der Waals surface area contributed by atoms with Crippen LogP contribution in [0.5, 0.6) is 0 Å². The quantitative estimate of drug-likeness (QED) is 0.614. The predicted octanol–water partition coefficient (Wildman–Crippen LogP) is 3.44. The Balaban J connectivity index is 1.32. The van der Waals surface area contributed by atoms with Crippen LogP contribution in [0.1, 0.15) is 57.8 Å². The highest BCUT2D eigenvalue weighted by Gasteiger charge is 2.31. The Hall–Kier alpha value is -2.18. The summed E-state index contributed by atoms with van der Waals surface area (Å²) in [5, 5.41) is 0. The largest absolute Gasteiger partial charge is 0.288 e. The van der Waals surface area contributed by atoms with Gasteiger partial charge in [-0.2, -0.15) is 0 Å². The number of aryl methyl sites for hydroxylation is 2. The van der Waals surface area contributed by atoms with Crippen LogP contribution in [0.4, 0.5) is 0 Å². The SMILES string of the molecule is O=C(NNC(=O)C1CCCN1Cc1ccccc1)c1cc2c(s1)CCCCC2. The molecule has 0 bridgehead atoms. The van der Waals surface area contributed by atoms with Gasteiger partial charge in [0.2, 0.25) is 0 Å². The number of hydrogen-bond donors (Lipinski definition) is 2. The molecule has 2 heterocycles. The van der Waals surface area contributed by atoms with Gasteiger partial charge in [-0.15, -0.1) is 11.3 Å². The molecule has 2 N–H and O–H groups in total. The minimum absolute atomic E-state index is 0.125. The third-order valence-corrected chi connectivity index (χ3v) is 6.90. The number of carbonyl (C=O) groups is 2. The summed E-state index contributed by atoms with van der Waals surface area (Å²) in [4.78, 5) is 29.4. The highest BCUT2D eigenvalue weighted by molar-refractivity contribution is 7.14. The van der Waals surface area contributed by atoms with E-state index in [-0.39, 0.29) is 17.9 Å². The lowest BCUT2D eigenvalue weighted by Crippen LogP contribution is -2.50. The van der Waals surface area contributed by atoms with Crippen molar-refractivity contribution in [2.75, 3.05) is 6.54 Å². The summed E-state index contributed by atoms with van der Waals surface area (Å²) in [6.45, 7) is 1.66. The number of hydrazine groups is 1. The molecule has 148 valence electrons. The molecular formula is C22H27N3O2S. The fourth-order valence-corrected chi connectivity index (χ4v) is 5.32. The molecule has 1 aromatic heterocycles. The Bertz CT molecular complexity index is 810. The zero-order valence-electron chi connectivity index (χ0n) is 16.1. The Morgan fingerprint density at radius 1 is 1.04 bits per heavy atom. The highest BCUT2D eigenvalue weighted by atomic mass is 32.1. The molecule has 2 aliphatic rings. The predicted molar refractivity (Wildman–Crippen MR) is 111 cm³/mol. The normalized spacial score (nSPS) is 19.6. The molecule has 0 saturated carbocycles. The minimum atomic E-state index is -0.209. The fourth-order valence-electron chi connectivity index (χ4n) is 4.17. The fraction of sp³-hybridized carbons (Fsp3) is 0.455. The first-order valence-corrected chi connectivity index (χ1v) is 11.0. The van der Waals surface area contributed by atoms with Crippen LogP contribution < -0.4 is 10.9 Å². The lowest BCUT2D eigenvalue weighted by Gasteiger charge is -2.23. The van der Waals surface area contributed by atoms with Crippen molar-refractivity contribution in [2.24, 2.45) is 0 Å².